The molecular weight excluding hydrogens is 196 g/mol. The summed E-state index contributed by atoms with van der Waals surface area (Å²) in [6.07, 6.45) is 1.64. The summed E-state index contributed by atoms with van der Waals surface area (Å²) in [6, 6.07) is 3.52. The highest BCUT2D eigenvalue weighted by Gasteiger charge is 2.01. The van der Waals surface area contributed by atoms with E-state index in [-0.39, 0.29) is 0 Å². The molecule has 1 aromatic rings. The fourth-order valence-electron chi connectivity index (χ4n) is 0.894. The van der Waals surface area contributed by atoms with Gasteiger partial charge < -0.3 is 10.5 Å². The lowest BCUT2D eigenvalue weighted by Gasteiger charge is -2.08. The minimum Gasteiger partial charge on any atom is -0.477 e. The molecule has 0 bridgehead atoms. The van der Waals surface area contributed by atoms with Crippen molar-refractivity contribution in [1.29, 1.82) is 0 Å². The van der Waals surface area contributed by atoms with E-state index < -0.39 is 0 Å². The average Bonchev–Trinajstić information content (AvgIpc) is 2.15. The number of thiocarbonyl (C=S) groups is 1. The van der Waals surface area contributed by atoms with Gasteiger partial charge in [-0.1, -0.05) is 26.1 Å². The van der Waals surface area contributed by atoms with Crippen LogP contribution in [0.2, 0.25) is 0 Å². The van der Waals surface area contributed by atoms with Gasteiger partial charge in [0, 0.05) is 17.8 Å². The lowest BCUT2D eigenvalue weighted by Crippen LogP contribution is -2.11. The fraction of sp³-hybridized carbons (Fsp3) is 0.400. The lowest BCUT2D eigenvalue weighted by atomic mass is 10.2. The number of nitrogens with zero attached hydrogens (tertiary/aromatic N) is 1. The predicted octanol–water partition coefficient (Wildman–Crippen LogP) is 1.75. The fourth-order valence-corrected chi connectivity index (χ4v) is 1.02. The van der Waals surface area contributed by atoms with Crippen LogP contribution in [-0.2, 0) is 0 Å². The third kappa shape index (κ3) is 3.30. The van der Waals surface area contributed by atoms with Gasteiger partial charge in [-0.05, 0) is 12.0 Å². The van der Waals surface area contributed by atoms with E-state index in [1.54, 1.807) is 18.3 Å². The molecule has 0 aliphatic carbocycles. The SMILES string of the molecule is CC(C)COc1cc(C(N)=S)ccn1. The van der Waals surface area contributed by atoms with Gasteiger partial charge in [-0.25, -0.2) is 4.98 Å². The first-order valence-electron chi connectivity index (χ1n) is 4.48. The van der Waals surface area contributed by atoms with Crippen molar-refractivity contribution in [3.05, 3.63) is 23.9 Å². The Labute approximate surface area is 89.3 Å². The van der Waals surface area contributed by atoms with Crippen LogP contribution in [0.3, 0.4) is 0 Å². The summed E-state index contributed by atoms with van der Waals surface area (Å²) in [5.41, 5.74) is 6.27. The van der Waals surface area contributed by atoms with Gasteiger partial charge in [0.2, 0.25) is 5.88 Å². The van der Waals surface area contributed by atoms with E-state index in [2.05, 4.69) is 18.8 Å². The molecule has 0 aliphatic heterocycles. The van der Waals surface area contributed by atoms with Crippen molar-refractivity contribution in [2.75, 3.05) is 6.61 Å². The van der Waals surface area contributed by atoms with Crippen molar-refractivity contribution in [2.45, 2.75) is 13.8 Å². The zero-order valence-electron chi connectivity index (χ0n) is 8.36. The highest BCUT2D eigenvalue weighted by Crippen LogP contribution is 2.10. The molecule has 0 fully saturated rings. The van der Waals surface area contributed by atoms with E-state index in [9.17, 15) is 0 Å². The Bertz CT molecular complexity index is 326. The number of pyridine rings is 1. The molecule has 4 heteroatoms. The van der Waals surface area contributed by atoms with Crippen molar-refractivity contribution in [3.8, 4) is 5.88 Å². The summed E-state index contributed by atoms with van der Waals surface area (Å²) < 4.78 is 5.43. The number of rotatable bonds is 4. The molecule has 14 heavy (non-hydrogen) atoms. The van der Waals surface area contributed by atoms with Crippen LogP contribution in [-0.4, -0.2) is 16.6 Å². The first kappa shape index (κ1) is 10.9. The second kappa shape index (κ2) is 4.91. The van der Waals surface area contributed by atoms with Gasteiger partial charge in [-0.3, -0.25) is 0 Å². The molecule has 76 valence electrons. The Morgan fingerprint density at radius 1 is 1.64 bits per heavy atom. The summed E-state index contributed by atoms with van der Waals surface area (Å²) in [4.78, 5) is 4.42. The maximum Gasteiger partial charge on any atom is 0.213 e. The third-order valence-corrected chi connectivity index (χ3v) is 1.82. The topological polar surface area (TPSA) is 48.1 Å². The maximum atomic E-state index is 5.49. The van der Waals surface area contributed by atoms with E-state index in [1.807, 2.05) is 0 Å². The molecular formula is C10H14N2OS. The highest BCUT2D eigenvalue weighted by molar-refractivity contribution is 7.80. The molecule has 0 amide bonds. The second-order valence-corrected chi connectivity index (χ2v) is 3.89. The van der Waals surface area contributed by atoms with E-state index in [1.165, 1.54) is 0 Å². The average molecular weight is 210 g/mol. The quantitative estimate of drug-likeness (QED) is 0.769. The van der Waals surface area contributed by atoms with Crippen LogP contribution in [0.1, 0.15) is 19.4 Å². The predicted molar refractivity (Wildman–Crippen MR) is 60.5 cm³/mol. The van der Waals surface area contributed by atoms with Gasteiger partial charge in [-0.15, -0.1) is 0 Å². The van der Waals surface area contributed by atoms with E-state index in [4.69, 9.17) is 22.7 Å². The lowest BCUT2D eigenvalue weighted by molar-refractivity contribution is 0.261. The van der Waals surface area contributed by atoms with Gasteiger partial charge in [-0.2, -0.15) is 0 Å². The Balaban J connectivity index is 2.69. The molecule has 0 saturated heterocycles. The second-order valence-electron chi connectivity index (χ2n) is 3.45. The third-order valence-electron chi connectivity index (χ3n) is 1.58. The number of hydrogen-bond donors (Lipinski definition) is 1. The first-order valence-corrected chi connectivity index (χ1v) is 4.89. The molecule has 0 aliphatic rings. The van der Waals surface area contributed by atoms with Crippen LogP contribution in [0.5, 0.6) is 5.88 Å². The van der Waals surface area contributed by atoms with Crippen molar-refractivity contribution >= 4 is 17.2 Å². The van der Waals surface area contributed by atoms with E-state index in [0.29, 0.717) is 23.4 Å². The molecule has 2 N–H and O–H groups in total. The van der Waals surface area contributed by atoms with Gasteiger partial charge in [0.05, 0.1) is 6.61 Å². The summed E-state index contributed by atoms with van der Waals surface area (Å²) in [6.45, 7) is 4.81. The molecule has 0 spiro atoms. The maximum absolute atomic E-state index is 5.49. The van der Waals surface area contributed by atoms with Crippen molar-refractivity contribution < 1.29 is 4.74 Å². The van der Waals surface area contributed by atoms with Crippen molar-refractivity contribution in [2.24, 2.45) is 11.7 Å². The Kier molecular flexibility index (Phi) is 3.83. The van der Waals surface area contributed by atoms with Crippen LogP contribution in [0, 0.1) is 5.92 Å². The van der Waals surface area contributed by atoms with Crippen LogP contribution in [0.4, 0.5) is 0 Å². The number of ether oxygens (including phenoxy) is 1. The molecule has 0 radical (unpaired) electrons. The summed E-state index contributed by atoms with van der Waals surface area (Å²) >= 11 is 4.85. The number of hydrogen-bond acceptors (Lipinski definition) is 3. The summed E-state index contributed by atoms with van der Waals surface area (Å²) in [5, 5.41) is 0. The van der Waals surface area contributed by atoms with Crippen LogP contribution in [0.15, 0.2) is 18.3 Å². The molecule has 0 aromatic carbocycles. The van der Waals surface area contributed by atoms with Crippen LogP contribution in [0.25, 0.3) is 0 Å². The van der Waals surface area contributed by atoms with Gasteiger partial charge in [0.1, 0.15) is 4.99 Å². The zero-order chi connectivity index (χ0) is 10.6. The van der Waals surface area contributed by atoms with E-state index >= 15 is 0 Å². The number of aromatic nitrogens is 1. The Morgan fingerprint density at radius 2 is 2.36 bits per heavy atom. The standard InChI is InChI=1S/C10H14N2OS/c1-7(2)6-13-9-5-8(10(11)14)3-4-12-9/h3-5,7H,6H2,1-2H3,(H2,11,14). The minimum absolute atomic E-state index is 0.363. The highest BCUT2D eigenvalue weighted by atomic mass is 32.1. The van der Waals surface area contributed by atoms with Gasteiger partial charge in [0.15, 0.2) is 0 Å². The molecule has 1 heterocycles. The van der Waals surface area contributed by atoms with Crippen LogP contribution >= 0.6 is 12.2 Å². The van der Waals surface area contributed by atoms with E-state index in [0.717, 1.165) is 5.56 Å². The van der Waals surface area contributed by atoms with Crippen molar-refractivity contribution in [1.82, 2.24) is 4.98 Å². The van der Waals surface area contributed by atoms with Crippen LogP contribution < -0.4 is 10.5 Å². The first-order chi connectivity index (χ1) is 6.59. The normalized spacial score (nSPS) is 10.2. The molecule has 0 atom stereocenters. The summed E-state index contributed by atoms with van der Waals surface area (Å²) in [5.74, 6) is 1.05. The zero-order valence-corrected chi connectivity index (χ0v) is 9.17. The number of nitrogens with two attached hydrogens (primary N) is 1. The van der Waals surface area contributed by atoms with Crippen molar-refractivity contribution in [3.63, 3.8) is 0 Å². The monoisotopic (exact) mass is 210 g/mol. The molecule has 3 nitrogen and oxygen atoms in total. The molecule has 1 aromatic heterocycles. The Hall–Kier alpha value is -1.16. The molecule has 0 saturated carbocycles. The minimum atomic E-state index is 0.363. The Morgan fingerprint density at radius 3 is 2.93 bits per heavy atom. The van der Waals surface area contributed by atoms with Gasteiger partial charge in [0.25, 0.3) is 0 Å². The van der Waals surface area contributed by atoms with Gasteiger partial charge >= 0.3 is 0 Å². The molecule has 0 unspecified atom stereocenters. The largest absolute Gasteiger partial charge is 0.477 e. The molecule has 1 rings (SSSR count). The smallest absolute Gasteiger partial charge is 0.213 e. The summed E-state index contributed by atoms with van der Waals surface area (Å²) in [7, 11) is 0.